The summed E-state index contributed by atoms with van der Waals surface area (Å²) in [7, 11) is 0. The van der Waals surface area contributed by atoms with Gasteiger partial charge in [0.15, 0.2) is 6.29 Å². The quantitative estimate of drug-likeness (QED) is 0.717. The van der Waals surface area contributed by atoms with Crippen molar-refractivity contribution in [2.75, 3.05) is 6.61 Å². The lowest BCUT2D eigenvalue weighted by atomic mass is 9.70. The number of hydrogen-bond donors (Lipinski definition) is 0. The molecule has 2 aliphatic carbocycles. The van der Waals surface area contributed by atoms with E-state index < -0.39 is 0 Å². The molecule has 0 aromatic heterocycles. The molecular weight excluding hydrogens is 200 g/mol. The maximum atomic E-state index is 6.18. The van der Waals surface area contributed by atoms with E-state index in [0.717, 1.165) is 24.9 Å². The van der Waals surface area contributed by atoms with E-state index in [2.05, 4.69) is 27.7 Å². The SMILES string of the molecule is CCO[C@@H]1C[C@H]2[C@H]3CC[C@@](C)([C@H]2O1)C3(C)C. The Balaban J connectivity index is 1.85. The molecule has 0 amide bonds. The largest absolute Gasteiger partial charge is 0.353 e. The minimum Gasteiger partial charge on any atom is -0.353 e. The molecule has 3 aliphatic rings. The third kappa shape index (κ3) is 1.10. The summed E-state index contributed by atoms with van der Waals surface area (Å²) in [6, 6.07) is 0. The van der Waals surface area contributed by atoms with E-state index >= 15 is 0 Å². The van der Waals surface area contributed by atoms with Crippen molar-refractivity contribution in [1.29, 1.82) is 0 Å². The van der Waals surface area contributed by atoms with Crippen molar-refractivity contribution < 1.29 is 9.47 Å². The van der Waals surface area contributed by atoms with Crippen LogP contribution in [0, 0.1) is 22.7 Å². The zero-order valence-corrected chi connectivity index (χ0v) is 11.0. The summed E-state index contributed by atoms with van der Waals surface area (Å²) < 4.78 is 11.8. The van der Waals surface area contributed by atoms with E-state index in [1.807, 2.05) is 0 Å². The predicted octanol–water partition coefficient (Wildman–Crippen LogP) is 3.21. The normalized spacial score (nSPS) is 53.2. The highest BCUT2D eigenvalue weighted by Gasteiger charge is 2.69. The van der Waals surface area contributed by atoms with Gasteiger partial charge in [0.2, 0.25) is 0 Å². The van der Waals surface area contributed by atoms with E-state index in [1.165, 1.54) is 12.8 Å². The van der Waals surface area contributed by atoms with Gasteiger partial charge in [-0.05, 0) is 42.4 Å². The van der Waals surface area contributed by atoms with E-state index in [1.54, 1.807) is 0 Å². The molecule has 2 bridgehead atoms. The Hall–Kier alpha value is -0.0800. The summed E-state index contributed by atoms with van der Waals surface area (Å²) in [6.07, 6.45) is 4.40. The van der Waals surface area contributed by atoms with Gasteiger partial charge in [0.1, 0.15) is 0 Å². The van der Waals surface area contributed by atoms with Crippen LogP contribution in [0.2, 0.25) is 0 Å². The molecule has 2 heteroatoms. The molecule has 0 spiro atoms. The molecule has 3 rings (SSSR count). The number of hydrogen-bond acceptors (Lipinski definition) is 2. The monoisotopic (exact) mass is 224 g/mol. The summed E-state index contributed by atoms with van der Waals surface area (Å²) in [5, 5.41) is 0. The molecular formula is C14H24O2. The van der Waals surface area contributed by atoms with Gasteiger partial charge >= 0.3 is 0 Å². The first-order valence-electron chi connectivity index (χ1n) is 6.78. The van der Waals surface area contributed by atoms with Crippen LogP contribution in [0.4, 0.5) is 0 Å². The average Bonchev–Trinajstić information content (AvgIpc) is 2.75. The maximum absolute atomic E-state index is 6.18. The van der Waals surface area contributed by atoms with Crippen LogP contribution in [-0.2, 0) is 9.47 Å². The van der Waals surface area contributed by atoms with Crippen molar-refractivity contribution in [2.45, 2.75) is 59.4 Å². The highest BCUT2D eigenvalue weighted by atomic mass is 16.7. The zero-order valence-electron chi connectivity index (χ0n) is 11.0. The average molecular weight is 224 g/mol. The van der Waals surface area contributed by atoms with Gasteiger partial charge in [-0.1, -0.05) is 20.8 Å². The fourth-order valence-corrected chi connectivity index (χ4v) is 4.78. The second kappa shape index (κ2) is 3.23. The number of fused-ring (bicyclic) bond motifs is 5. The number of ether oxygens (including phenoxy) is 2. The van der Waals surface area contributed by atoms with Crippen LogP contribution >= 0.6 is 0 Å². The molecule has 3 fully saturated rings. The van der Waals surface area contributed by atoms with Crippen molar-refractivity contribution in [3.8, 4) is 0 Å². The zero-order chi connectivity index (χ0) is 11.6. The van der Waals surface area contributed by atoms with E-state index in [4.69, 9.17) is 9.47 Å². The summed E-state index contributed by atoms with van der Waals surface area (Å²) in [5.74, 6) is 1.61. The Morgan fingerprint density at radius 2 is 2.06 bits per heavy atom. The molecule has 92 valence electrons. The molecule has 1 saturated heterocycles. The molecule has 5 atom stereocenters. The lowest BCUT2D eigenvalue weighted by Crippen LogP contribution is -2.37. The fraction of sp³-hybridized carbons (Fsp3) is 1.00. The second-order valence-electron chi connectivity index (χ2n) is 6.63. The van der Waals surface area contributed by atoms with Crippen molar-refractivity contribution in [1.82, 2.24) is 0 Å². The lowest BCUT2D eigenvalue weighted by Gasteiger charge is -2.38. The summed E-state index contributed by atoms with van der Waals surface area (Å²) in [4.78, 5) is 0. The summed E-state index contributed by atoms with van der Waals surface area (Å²) in [5.41, 5.74) is 0.841. The predicted molar refractivity (Wildman–Crippen MR) is 63.0 cm³/mol. The van der Waals surface area contributed by atoms with E-state index in [0.29, 0.717) is 16.9 Å². The van der Waals surface area contributed by atoms with Crippen LogP contribution in [0.25, 0.3) is 0 Å². The Kier molecular flexibility index (Phi) is 2.23. The molecule has 0 unspecified atom stereocenters. The van der Waals surface area contributed by atoms with E-state index in [9.17, 15) is 0 Å². The summed E-state index contributed by atoms with van der Waals surface area (Å²) in [6.45, 7) is 10.2. The van der Waals surface area contributed by atoms with E-state index in [-0.39, 0.29) is 6.29 Å². The molecule has 1 heterocycles. The smallest absolute Gasteiger partial charge is 0.158 e. The molecule has 0 N–H and O–H groups in total. The van der Waals surface area contributed by atoms with Crippen LogP contribution < -0.4 is 0 Å². The third-order valence-electron chi connectivity index (χ3n) is 6.02. The highest BCUT2D eigenvalue weighted by molar-refractivity contribution is 5.16. The molecule has 0 radical (unpaired) electrons. The first kappa shape index (κ1) is 11.0. The molecule has 1 aliphatic heterocycles. The molecule has 0 aromatic rings. The fourth-order valence-electron chi connectivity index (χ4n) is 4.78. The summed E-state index contributed by atoms with van der Waals surface area (Å²) >= 11 is 0. The van der Waals surface area contributed by atoms with Crippen LogP contribution in [0.15, 0.2) is 0 Å². The van der Waals surface area contributed by atoms with Gasteiger partial charge < -0.3 is 9.47 Å². The van der Waals surface area contributed by atoms with Gasteiger partial charge in [0.25, 0.3) is 0 Å². The molecule has 2 nitrogen and oxygen atoms in total. The molecule has 16 heavy (non-hydrogen) atoms. The first-order valence-corrected chi connectivity index (χ1v) is 6.78. The minimum absolute atomic E-state index is 0.0797. The Morgan fingerprint density at radius 1 is 1.31 bits per heavy atom. The molecule has 2 saturated carbocycles. The van der Waals surface area contributed by atoms with Crippen molar-refractivity contribution >= 4 is 0 Å². The van der Waals surface area contributed by atoms with Crippen LogP contribution in [0.5, 0.6) is 0 Å². The van der Waals surface area contributed by atoms with Gasteiger partial charge in [-0.2, -0.15) is 0 Å². The second-order valence-corrected chi connectivity index (χ2v) is 6.63. The van der Waals surface area contributed by atoms with Gasteiger partial charge in [-0.3, -0.25) is 0 Å². The van der Waals surface area contributed by atoms with Gasteiger partial charge in [0, 0.05) is 13.0 Å². The van der Waals surface area contributed by atoms with Gasteiger partial charge in [0.05, 0.1) is 6.10 Å². The van der Waals surface area contributed by atoms with Crippen LogP contribution in [0.1, 0.15) is 47.0 Å². The highest BCUT2D eigenvalue weighted by Crippen LogP contribution is 2.71. The van der Waals surface area contributed by atoms with Crippen molar-refractivity contribution in [3.05, 3.63) is 0 Å². The Bertz CT molecular complexity index is 299. The first-order chi connectivity index (χ1) is 7.50. The van der Waals surface area contributed by atoms with Crippen molar-refractivity contribution in [2.24, 2.45) is 22.7 Å². The third-order valence-corrected chi connectivity index (χ3v) is 6.02. The topological polar surface area (TPSA) is 18.5 Å². The number of rotatable bonds is 2. The Morgan fingerprint density at radius 3 is 2.69 bits per heavy atom. The van der Waals surface area contributed by atoms with Gasteiger partial charge in [-0.15, -0.1) is 0 Å². The minimum atomic E-state index is 0.0797. The lowest BCUT2D eigenvalue weighted by molar-refractivity contribution is -0.161. The standard InChI is InChI=1S/C14H24O2/c1-5-15-11-8-9-10-6-7-14(4,12(9)16-11)13(10,2)3/h9-12H,5-8H2,1-4H3/t9-,10+,11-,12-,14-/m0/s1. The maximum Gasteiger partial charge on any atom is 0.158 e. The molecule has 0 aromatic carbocycles. The Labute approximate surface area is 98.7 Å². The van der Waals surface area contributed by atoms with Crippen molar-refractivity contribution in [3.63, 3.8) is 0 Å². The van der Waals surface area contributed by atoms with Crippen LogP contribution in [0.3, 0.4) is 0 Å². The van der Waals surface area contributed by atoms with Gasteiger partial charge in [-0.25, -0.2) is 0 Å². The van der Waals surface area contributed by atoms with Crippen LogP contribution in [-0.4, -0.2) is 19.0 Å².